The Bertz CT molecular complexity index is 632. The Labute approximate surface area is 107 Å². The normalized spacial score (nSPS) is 10.3. The summed E-state index contributed by atoms with van der Waals surface area (Å²) in [6.45, 7) is 3.50. The first kappa shape index (κ1) is 12.4. The number of anilines is 1. The number of amides is 1. The first-order chi connectivity index (χ1) is 8.56. The molecule has 2 aromatic rings. The number of hydrogen-bond acceptors (Lipinski definition) is 5. The zero-order valence-electron chi connectivity index (χ0n) is 9.98. The molecule has 0 aliphatic carbocycles. The number of aromatic amines is 1. The molecule has 2 rings (SSSR count). The van der Waals surface area contributed by atoms with Gasteiger partial charge in [-0.25, -0.2) is 9.97 Å². The van der Waals surface area contributed by atoms with Crippen LogP contribution in [0.3, 0.4) is 0 Å². The van der Waals surface area contributed by atoms with Gasteiger partial charge in [0.05, 0.1) is 24.1 Å². The number of nitrogens with zero attached hydrogens (tertiary/aromatic N) is 2. The molecule has 94 valence electrons. The predicted molar refractivity (Wildman–Crippen MR) is 68.8 cm³/mol. The molecular formula is C11H12N4O2S. The van der Waals surface area contributed by atoms with Crippen molar-refractivity contribution in [3.63, 3.8) is 0 Å². The Balaban J connectivity index is 2.08. The molecule has 2 aromatic heterocycles. The van der Waals surface area contributed by atoms with Crippen LogP contribution < -0.4 is 10.9 Å². The summed E-state index contributed by atoms with van der Waals surface area (Å²) in [5, 5.41) is 5.08. The maximum absolute atomic E-state index is 11.8. The Morgan fingerprint density at radius 3 is 2.94 bits per heavy atom. The molecule has 0 saturated carbocycles. The van der Waals surface area contributed by atoms with Gasteiger partial charge in [0, 0.05) is 10.9 Å². The van der Waals surface area contributed by atoms with E-state index in [0.29, 0.717) is 16.4 Å². The third kappa shape index (κ3) is 2.80. The zero-order chi connectivity index (χ0) is 13.1. The van der Waals surface area contributed by atoms with Crippen LogP contribution in [0.25, 0.3) is 0 Å². The Morgan fingerprint density at radius 1 is 1.50 bits per heavy atom. The van der Waals surface area contributed by atoms with Crippen molar-refractivity contribution >= 4 is 22.4 Å². The number of thiazole rings is 1. The average molecular weight is 264 g/mol. The van der Waals surface area contributed by atoms with Crippen LogP contribution in [0, 0.1) is 13.8 Å². The summed E-state index contributed by atoms with van der Waals surface area (Å²) in [5.74, 6) is -0.231. The van der Waals surface area contributed by atoms with Gasteiger partial charge < -0.3 is 10.3 Å². The number of hydrogen-bond donors (Lipinski definition) is 2. The summed E-state index contributed by atoms with van der Waals surface area (Å²) in [7, 11) is 0. The van der Waals surface area contributed by atoms with Crippen molar-refractivity contribution < 1.29 is 4.79 Å². The molecule has 0 aliphatic rings. The fourth-order valence-corrected chi connectivity index (χ4v) is 2.11. The largest absolute Gasteiger partial charge is 0.313 e. The van der Waals surface area contributed by atoms with E-state index >= 15 is 0 Å². The summed E-state index contributed by atoms with van der Waals surface area (Å²) in [5.41, 5.74) is 1.58. The number of aromatic nitrogens is 3. The van der Waals surface area contributed by atoms with Gasteiger partial charge in [-0.15, -0.1) is 11.3 Å². The second kappa shape index (κ2) is 5.09. The Kier molecular flexibility index (Phi) is 3.52. The lowest BCUT2D eigenvalue weighted by Crippen LogP contribution is -2.20. The van der Waals surface area contributed by atoms with Gasteiger partial charge in [0.1, 0.15) is 0 Å². The number of rotatable bonds is 3. The van der Waals surface area contributed by atoms with E-state index in [4.69, 9.17) is 0 Å². The van der Waals surface area contributed by atoms with Gasteiger partial charge in [-0.2, -0.15) is 0 Å². The summed E-state index contributed by atoms with van der Waals surface area (Å²) >= 11 is 1.36. The van der Waals surface area contributed by atoms with Crippen LogP contribution >= 0.6 is 11.3 Å². The monoisotopic (exact) mass is 264 g/mol. The molecule has 18 heavy (non-hydrogen) atoms. The van der Waals surface area contributed by atoms with E-state index in [-0.39, 0.29) is 17.9 Å². The van der Waals surface area contributed by atoms with E-state index in [1.807, 2.05) is 12.3 Å². The maximum atomic E-state index is 11.8. The number of carbonyl (C=O) groups is 1. The highest BCUT2D eigenvalue weighted by Crippen LogP contribution is 2.14. The fourth-order valence-electron chi connectivity index (χ4n) is 1.41. The van der Waals surface area contributed by atoms with Crippen molar-refractivity contribution in [2.45, 2.75) is 20.3 Å². The van der Waals surface area contributed by atoms with Crippen LogP contribution in [0.2, 0.25) is 0 Å². The number of carbonyl (C=O) groups excluding carboxylic acids is 1. The predicted octanol–water partition coefficient (Wildman–Crippen LogP) is 1.02. The number of H-pyrrole nitrogens is 1. The lowest BCUT2D eigenvalue weighted by Gasteiger charge is -2.03. The second-order valence-corrected chi connectivity index (χ2v) is 4.68. The Morgan fingerprint density at radius 2 is 2.28 bits per heavy atom. The fraction of sp³-hybridized carbons (Fsp3) is 0.273. The summed E-state index contributed by atoms with van der Waals surface area (Å²) < 4.78 is 0. The van der Waals surface area contributed by atoms with Crippen LogP contribution in [0.15, 0.2) is 16.5 Å². The molecule has 0 aromatic carbocycles. The van der Waals surface area contributed by atoms with Gasteiger partial charge in [-0.05, 0) is 13.8 Å². The molecule has 7 heteroatoms. The van der Waals surface area contributed by atoms with Crippen LogP contribution in [-0.4, -0.2) is 20.9 Å². The van der Waals surface area contributed by atoms with Crippen molar-refractivity contribution in [2.24, 2.45) is 0 Å². The number of nitrogens with one attached hydrogen (secondary N) is 2. The topological polar surface area (TPSA) is 87.7 Å². The molecule has 0 spiro atoms. The van der Waals surface area contributed by atoms with Crippen LogP contribution in [0.5, 0.6) is 0 Å². The standard InChI is InChI=1S/C11H12N4O2S/c1-6-4-18-11(14-6)15-9(16)3-8-7(2)10(17)13-5-12-8/h4-5H,3H2,1-2H3,(H,12,13,17)(H,14,15,16). The van der Waals surface area contributed by atoms with Gasteiger partial charge in [0.25, 0.3) is 5.56 Å². The van der Waals surface area contributed by atoms with E-state index in [1.165, 1.54) is 17.7 Å². The van der Waals surface area contributed by atoms with E-state index < -0.39 is 0 Å². The molecule has 1 amide bonds. The second-order valence-electron chi connectivity index (χ2n) is 3.82. The summed E-state index contributed by atoms with van der Waals surface area (Å²) in [4.78, 5) is 33.7. The van der Waals surface area contributed by atoms with Crippen molar-refractivity contribution in [1.29, 1.82) is 0 Å². The third-order valence-corrected chi connectivity index (χ3v) is 3.26. The highest BCUT2D eigenvalue weighted by Gasteiger charge is 2.10. The molecule has 2 N–H and O–H groups in total. The summed E-state index contributed by atoms with van der Waals surface area (Å²) in [6.07, 6.45) is 1.36. The third-order valence-electron chi connectivity index (χ3n) is 2.38. The van der Waals surface area contributed by atoms with Crippen LogP contribution in [0.1, 0.15) is 17.0 Å². The van der Waals surface area contributed by atoms with Crippen molar-refractivity contribution in [1.82, 2.24) is 15.0 Å². The lowest BCUT2D eigenvalue weighted by atomic mass is 10.2. The van der Waals surface area contributed by atoms with Crippen molar-refractivity contribution in [2.75, 3.05) is 5.32 Å². The molecule has 0 atom stereocenters. The van der Waals surface area contributed by atoms with Gasteiger partial charge in [0.2, 0.25) is 5.91 Å². The van der Waals surface area contributed by atoms with Gasteiger partial charge in [-0.3, -0.25) is 9.59 Å². The minimum Gasteiger partial charge on any atom is -0.313 e. The lowest BCUT2D eigenvalue weighted by molar-refractivity contribution is -0.115. The average Bonchev–Trinajstić information content (AvgIpc) is 2.70. The van der Waals surface area contributed by atoms with Gasteiger partial charge in [0.15, 0.2) is 5.13 Å². The van der Waals surface area contributed by atoms with Crippen molar-refractivity contribution in [3.8, 4) is 0 Å². The van der Waals surface area contributed by atoms with Crippen LogP contribution in [0.4, 0.5) is 5.13 Å². The van der Waals surface area contributed by atoms with E-state index in [9.17, 15) is 9.59 Å². The first-order valence-electron chi connectivity index (χ1n) is 5.31. The molecular weight excluding hydrogens is 252 g/mol. The zero-order valence-corrected chi connectivity index (χ0v) is 10.8. The molecule has 0 radical (unpaired) electrons. The summed E-state index contributed by atoms with van der Waals surface area (Å²) in [6, 6.07) is 0. The highest BCUT2D eigenvalue weighted by atomic mass is 32.1. The molecule has 0 aliphatic heterocycles. The Hall–Kier alpha value is -2.02. The minimum atomic E-state index is -0.231. The minimum absolute atomic E-state index is 0.0639. The van der Waals surface area contributed by atoms with E-state index in [2.05, 4.69) is 20.3 Å². The first-order valence-corrected chi connectivity index (χ1v) is 6.19. The van der Waals surface area contributed by atoms with E-state index in [1.54, 1.807) is 6.92 Å². The SMILES string of the molecule is Cc1csc(NC(=O)Cc2nc[nH]c(=O)c2C)n1. The molecule has 6 nitrogen and oxygen atoms in total. The van der Waals surface area contributed by atoms with Gasteiger partial charge in [-0.1, -0.05) is 0 Å². The van der Waals surface area contributed by atoms with E-state index in [0.717, 1.165) is 5.69 Å². The molecule has 2 heterocycles. The van der Waals surface area contributed by atoms with Crippen LogP contribution in [-0.2, 0) is 11.2 Å². The van der Waals surface area contributed by atoms with Gasteiger partial charge >= 0.3 is 0 Å². The molecule has 0 bridgehead atoms. The van der Waals surface area contributed by atoms with Crippen molar-refractivity contribution in [3.05, 3.63) is 39.0 Å². The molecule has 0 saturated heterocycles. The molecule has 0 fully saturated rings. The highest BCUT2D eigenvalue weighted by molar-refractivity contribution is 7.13. The number of aryl methyl sites for hydroxylation is 1. The maximum Gasteiger partial charge on any atom is 0.253 e. The smallest absolute Gasteiger partial charge is 0.253 e. The molecule has 0 unspecified atom stereocenters. The quantitative estimate of drug-likeness (QED) is 0.866.